The maximum atomic E-state index is 12.5. The van der Waals surface area contributed by atoms with Crippen molar-refractivity contribution >= 4 is 5.91 Å². The van der Waals surface area contributed by atoms with Gasteiger partial charge in [-0.15, -0.1) is 0 Å². The summed E-state index contributed by atoms with van der Waals surface area (Å²) >= 11 is 0. The Balaban J connectivity index is 1.62. The summed E-state index contributed by atoms with van der Waals surface area (Å²) in [5.41, 5.74) is 5.21. The van der Waals surface area contributed by atoms with E-state index in [2.05, 4.69) is 22.3 Å². The largest absolute Gasteiger partial charge is 0.337 e. The number of hydrogen-bond acceptors (Lipinski definition) is 3. The molecule has 0 saturated carbocycles. The van der Waals surface area contributed by atoms with Gasteiger partial charge in [-0.2, -0.15) is 10.2 Å². The molecule has 0 radical (unpaired) electrons. The summed E-state index contributed by atoms with van der Waals surface area (Å²) in [6, 6.07) is 12.0. The molecule has 0 bridgehead atoms. The lowest BCUT2D eigenvalue weighted by Gasteiger charge is -2.19. The molecular formula is C18H19N5O. The minimum atomic E-state index is 0.00305. The van der Waals surface area contributed by atoms with E-state index in [1.54, 1.807) is 12.3 Å². The van der Waals surface area contributed by atoms with Crippen molar-refractivity contribution in [2.45, 2.75) is 12.8 Å². The second-order valence-electron chi connectivity index (χ2n) is 6.03. The number of nitrogens with one attached hydrogen (secondary N) is 1. The summed E-state index contributed by atoms with van der Waals surface area (Å²) in [6.45, 7) is 1.37. The molecule has 24 heavy (non-hydrogen) atoms. The molecule has 1 aliphatic rings. The minimum absolute atomic E-state index is 0.00305. The van der Waals surface area contributed by atoms with Crippen LogP contribution in [0.3, 0.4) is 0 Å². The number of hydrogen-bond donors (Lipinski definition) is 1. The second kappa shape index (κ2) is 5.96. The van der Waals surface area contributed by atoms with Gasteiger partial charge < -0.3 is 4.90 Å². The molecule has 6 heteroatoms. The van der Waals surface area contributed by atoms with Gasteiger partial charge in [0, 0.05) is 43.9 Å². The van der Waals surface area contributed by atoms with Crippen molar-refractivity contribution < 1.29 is 4.79 Å². The van der Waals surface area contributed by atoms with Crippen LogP contribution in [0.2, 0.25) is 0 Å². The summed E-state index contributed by atoms with van der Waals surface area (Å²) in [5.74, 6) is 0.00305. The van der Waals surface area contributed by atoms with Crippen LogP contribution in [0.4, 0.5) is 0 Å². The van der Waals surface area contributed by atoms with Crippen LogP contribution in [0.25, 0.3) is 11.3 Å². The lowest BCUT2D eigenvalue weighted by Crippen LogP contribution is -2.33. The maximum absolute atomic E-state index is 12.5. The van der Waals surface area contributed by atoms with Crippen molar-refractivity contribution in [2.75, 3.05) is 13.1 Å². The van der Waals surface area contributed by atoms with Crippen molar-refractivity contribution in [3.8, 4) is 11.3 Å². The molecule has 4 rings (SSSR count). The number of fused-ring (bicyclic) bond motifs is 1. The Labute approximate surface area is 140 Å². The van der Waals surface area contributed by atoms with Gasteiger partial charge in [-0.3, -0.25) is 14.6 Å². The SMILES string of the molecule is Cn1nc2c(c1-c1ccccc1)CCN(C(=O)c1ccn[nH]1)CC2. The summed E-state index contributed by atoms with van der Waals surface area (Å²) in [4.78, 5) is 14.4. The fourth-order valence-corrected chi connectivity index (χ4v) is 3.39. The van der Waals surface area contributed by atoms with Crippen molar-refractivity contribution in [1.29, 1.82) is 0 Å². The van der Waals surface area contributed by atoms with Crippen LogP contribution in [0, 0.1) is 0 Å². The molecule has 1 aliphatic heterocycles. The molecule has 2 aromatic heterocycles. The highest BCUT2D eigenvalue weighted by molar-refractivity contribution is 5.92. The molecule has 1 N–H and O–H groups in total. The topological polar surface area (TPSA) is 66.8 Å². The van der Waals surface area contributed by atoms with Gasteiger partial charge in [-0.1, -0.05) is 30.3 Å². The average Bonchev–Trinajstić information content (AvgIpc) is 3.19. The molecule has 0 fully saturated rings. The molecule has 0 unspecified atom stereocenters. The van der Waals surface area contributed by atoms with Crippen molar-refractivity contribution in [2.24, 2.45) is 7.05 Å². The molecule has 0 atom stereocenters. The first kappa shape index (κ1) is 14.7. The predicted molar refractivity (Wildman–Crippen MR) is 90.5 cm³/mol. The van der Waals surface area contributed by atoms with Crippen molar-refractivity contribution in [1.82, 2.24) is 24.9 Å². The zero-order valence-electron chi connectivity index (χ0n) is 13.6. The lowest BCUT2D eigenvalue weighted by atomic mass is 10.0. The Kier molecular flexibility index (Phi) is 3.65. The lowest BCUT2D eigenvalue weighted by molar-refractivity contribution is 0.0757. The molecule has 122 valence electrons. The normalized spacial score (nSPS) is 14.3. The number of carbonyl (C=O) groups excluding carboxylic acids is 1. The number of carbonyl (C=O) groups is 1. The van der Waals surface area contributed by atoms with Gasteiger partial charge in [0.2, 0.25) is 0 Å². The maximum Gasteiger partial charge on any atom is 0.271 e. The van der Waals surface area contributed by atoms with Crippen LogP contribution in [0.1, 0.15) is 21.7 Å². The number of aromatic nitrogens is 4. The first-order valence-electron chi connectivity index (χ1n) is 8.13. The van der Waals surface area contributed by atoms with Crippen LogP contribution >= 0.6 is 0 Å². The van der Waals surface area contributed by atoms with Gasteiger partial charge in [-0.25, -0.2) is 0 Å². The highest BCUT2D eigenvalue weighted by atomic mass is 16.2. The number of rotatable bonds is 2. The van der Waals surface area contributed by atoms with Crippen LogP contribution in [-0.2, 0) is 19.9 Å². The van der Waals surface area contributed by atoms with E-state index in [9.17, 15) is 4.79 Å². The van der Waals surface area contributed by atoms with E-state index in [-0.39, 0.29) is 5.91 Å². The fourth-order valence-electron chi connectivity index (χ4n) is 3.39. The van der Waals surface area contributed by atoms with Gasteiger partial charge in [0.15, 0.2) is 0 Å². The number of nitrogens with zero attached hydrogens (tertiary/aromatic N) is 4. The first-order chi connectivity index (χ1) is 11.7. The van der Waals surface area contributed by atoms with Gasteiger partial charge in [0.25, 0.3) is 5.91 Å². The van der Waals surface area contributed by atoms with E-state index in [4.69, 9.17) is 5.10 Å². The van der Waals surface area contributed by atoms with Crippen LogP contribution in [-0.4, -0.2) is 43.9 Å². The van der Waals surface area contributed by atoms with E-state index in [0.29, 0.717) is 18.8 Å². The number of H-pyrrole nitrogens is 1. The Morgan fingerprint density at radius 2 is 1.92 bits per heavy atom. The Bertz CT molecular complexity index is 851. The van der Waals surface area contributed by atoms with E-state index in [1.807, 2.05) is 34.8 Å². The zero-order chi connectivity index (χ0) is 16.5. The predicted octanol–water partition coefficient (Wildman–Crippen LogP) is 2.05. The first-order valence-corrected chi connectivity index (χ1v) is 8.13. The Morgan fingerprint density at radius 3 is 2.67 bits per heavy atom. The summed E-state index contributed by atoms with van der Waals surface area (Å²) in [6.07, 6.45) is 3.19. The highest BCUT2D eigenvalue weighted by Gasteiger charge is 2.25. The summed E-state index contributed by atoms with van der Waals surface area (Å²) in [5, 5.41) is 11.3. The third kappa shape index (κ3) is 2.50. The monoisotopic (exact) mass is 321 g/mol. The van der Waals surface area contributed by atoms with Gasteiger partial charge >= 0.3 is 0 Å². The van der Waals surface area contributed by atoms with Gasteiger partial charge in [-0.05, 0) is 12.5 Å². The molecule has 0 spiro atoms. The summed E-state index contributed by atoms with van der Waals surface area (Å²) in [7, 11) is 1.99. The van der Waals surface area contributed by atoms with E-state index in [0.717, 1.165) is 24.2 Å². The second-order valence-corrected chi connectivity index (χ2v) is 6.03. The summed E-state index contributed by atoms with van der Waals surface area (Å²) < 4.78 is 1.96. The molecule has 0 saturated heterocycles. The Morgan fingerprint density at radius 1 is 1.12 bits per heavy atom. The van der Waals surface area contributed by atoms with Gasteiger partial charge in [0.1, 0.15) is 5.69 Å². The average molecular weight is 321 g/mol. The van der Waals surface area contributed by atoms with Gasteiger partial charge in [0.05, 0.1) is 11.4 Å². The third-order valence-electron chi connectivity index (χ3n) is 4.54. The highest BCUT2D eigenvalue weighted by Crippen LogP contribution is 2.28. The number of benzene rings is 1. The van der Waals surface area contributed by atoms with E-state index >= 15 is 0 Å². The van der Waals surface area contributed by atoms with Crippen LogP contribution in [0.5, 0.6) is 0 Å². The molecule has 3 heterocycles. The van der Waals surface area contributed by atoms with E-state index < -0.39 is 0 Å². The van der Waals surface area contributed by atoms with Crippen molar-refractivity contribution in [3.63, 3.8) is 0 Å². The number of aryl methyl sites for hydroxylation is 1. The minimum Gasteiger partial charge on any atom is -0.337 e. The van der Waals surface area contributed by atoms with E-state index in [1.165, 1.54) is 11.1 Å². The Hall–Kier alpha value is -2.89. The standard InChI is InChI=1S/C18H19N5O/c1-22-17(13-5-3-2-4-6-13)14-8-11-23(12-9-15(14)21-22)18(24)16-7-10-19-20-16/h2-7,10H,8-9,11-12H2,1H3,(H,19,20). The molecule has 1 aromatic carbocycles. The quantitative estimate of drug-likeness (QED) is 0.785. The molecule has 1 amide bonds. The van der Waals surface area contributed by atoms with Crippen molar-refractivity contribution in [3.05, 3.63) is 59.5 Å². The molecule has 3 aromatic rings. The smallest absolute Gasteiger partial charge is 0.271 e. The molecular weight excluding hydrogens is 302 g/mol. The third-order valence-corrected chi connectivity index (χ3v) is 4.54. The zero-order valence-corrected chi connectivity index (χ0v) is 13.6. The fraction of sp³-hybridized carbons (Fsp3) is 0.278. The number of aromatic amines is 1. The molecule has 0 aliphatic carbocycles. The molecule has 6 nitrogen and oxygen atoms in total. The van der Waals surface area contributed by atoms with Crippen LogP contribution in [0.15, 0.2) is 42.6 Å². The number of amides is 1. The van der Waals surface area contributed by atoms with Crippen LogP contribution < -0.4 is 0 Å².